The molecule has 0 N–H and O–H groups in total. The Morgan fingerprint density at radius 1 is 1.19 bits per heavy atom. The van der Waals surface area contributed by atoms with Crippen molar-refractivity contribution in [1.82, 2.24) is 10.2 Å². The Morgan fingerprint density at radius 2 is 1.88 bits per heavy atom. The Morgan fingerprint density at radius 3 is 2.50 bits per heavy atom. The van der Waals surface area contributed by atoms with E-state index in [1.807, 2.05) is 31.2 Å². The van der Waals surface area contributed by atoms with Gasteiger partial charge in [-0.1, -0.05) is 18.5 Å². The molecule has 1 heterocycles. The maximum Gasteiger partial charge on any atom is 0.226 e. The lowest BCUT2D eigenvalue weighted by Crippen LogP contribution is -1.80. The fraction of sp³-hybridized carbons (Fsp3) is 0.273. The average Bonchev–Trinajstić information content (AvgIpc) is 2.76. The Hall–Kier alpha value is -1.00. The maximum atomic E-state index is 5.80. The predicted molar refractivity (Wildman–Crippen MR) is 64.7 cm³/mol. The number of halogens is 1. The van der Waals surface area contributed by atoms with E-state index in [1.165, 1.54) is 0 Å². The second-order valence-electron chi connectivity index (χ2n) is 3.19. The molecule has 0 bridgehead atoms. The summed E-state index contributed by atoms with van der Waals surface area (Å²) in [6, 6.07) is 7.69. The first-order chi connectivity index (χ1) is 7.78. The molecule has 0 amide bonds. The monoisotopic (exact) mass is 254 g/mol. The number of thioether (sulfide) groups is 1. The summed E-state index contributed by atoms with van der Waals surface area (Å²) in [5, 5.41) is 8.61. The first-order valence-electron chi connectivity index (χ1n) is 4.97. The van der Waals surface area contributed by atoms with Crippen LogP contribution >= 0.6 is 23.4 Å². The van der Waals surface area contributed by atoms with Gasteiger partial charge in [0.05, 0.1) is 5.75 Å². The second-order valence-corrected chi connectivity index (χ2v) is 4.67. The number of hydrogen-bond acceptors (Lipinski definition) is 4. The molecule has 1 aromatic heterocycles. The molecule has 0 saturated heterocycles. The van der Waals surface area contributed by atoms with E-state index in [1.54, 1.807) is 11.8 Å². The standard InChI is InChI=1S/C11H11ClN2OS/c1-2-10-13-14-11(15-10)7-16-9-5-3-8(12)4-6-9/h3-6H,2,7H2,1H3. The molecule has 2 rings (SSSR count). The molecule has 0 radical (unpaired) electrons. The third kappa shape index (κ3) is 3.00. The van der Waals surface area contributed by atoms with Crippen LogP contribution in [0.1, 0.15) is 18.7 Å². The molecule has 0 unspecified atom stereocenters. The van der Waals surface area contributed by atoms with Crippen molar-refractivity contribution in [2.24, 2.45) is 0 Å². The van der Waals surface area contributed by atoms with Crippen LogP contribution in [0.5, 0.6) is 0 Å². The van der Waals surface area contributed by atoms with Crippen LogP contribution in [-0.2, 0) is 12.2 Å². The van der Waals surface area contributed by atoms with E-state index in [2.05, 4.69) is 10.2 Å². The molecule has 0 fully saturated rings. The zero-order chi connectivity index (χ0) is 11.4. The molecule has 0 aliphatic rings. The smallest absolute Gasteiger partial charge is 0.226 e. The van der Waals surface area contributed by atoms with E-state index in [0.717, 1.165) is 16.3 Å². The number of hydrogen-bond donors (Lipinski definition) is 0. The number of benzene rings is 1. The number of aryl methyl sites for hydroxylation is 1. The van der Waals surface area contributed by atoms with Crippen molar-refractivity contribution in [3.8, 4) is 0 Å². The zero-order valence-corrected chi connectivity index (χ0v) is 10.4. The quantitative estimate of drug-likeness (QED) is 0.782. The summed E-state index contributed by atoms with van der Waals surface area (Å²) in [5.41, 5.74) is 0. The number of aromatic nitrogens is 2. The molecule has 0 spiro atoms. The van der Waals surface area contributed by atoms with Crippen molar-refractivity contribution in [2.45, 2.75) is 24.0 Å². The van der Waals surface area contributed by atoms with Crippen molar-refractivity contribution in [2.75, 3.05) is 0 Å². The van der Waals surface area contributed by atoms with Gasteiger partial charge in [-0.2, -0.15) is 0 Å². The van der Waals surface area contributed by atoms with E-state index >= 15 is 0 Å². The predicted octanol–water partition coefficient (Wildman–Crippen LogP) is 3.58. The van der Waals surface area contributed by atoms with Gasteiger partial charge in [-0.15, -0.1) is 22.0 Å². The highest BCUT2D eigenvalue weighted by molar-refractivity contribution is 7.98. The van der Waals surface area contributed by atoms with Crippen LogP contribution in [0, 0.1) is 0 Å². The van der Waals surface area contributed by atoms with Crippen molar-refractivity contribution in [1.29, 1.82) is 0 Å². The highest BCUT2D eigenvalue weighted by atomic mass is 35.5. The molecule has 2 aromatic rings. The summed E-state index contributed by atoms with van der Waals surface area (Å²) in [6.07, 6.45) is 0.776. The van der Waals surface area contributed by atoms with Crippen molar-refractivity contribution in [3.63, 3.8) is 0 Å². The Bertz CT molecular complexity index is 455. The van der Waals surface area contributed by atoms with Crippen LogP contribution in [0.3, 0.4) is 0 Å². The fourth-order valence-electron chi connectivity index (χ4n) is 1.17. The van der Waals surface area contributed by atoms with Crippen molar-refractivity contribution >= 4 is 23.4 Å². The molecule has 84 valence electrons. The summed E-state index contributed by atoms with van der Waals surface area (Å²) in [7, 11) is 0. The fourth-order valence-corrected chi connectivity index (χ4v) is 2.03. The second kappa shape index (κ2) is 5.37. The lowest BCUT2D eigenvalue weighted by molar-refractivity contribution is 0.470. The summed E-state index contributed by atoms with van der Waals surface area (Å²) in [5.74, 6) is 2.04. The SMILES string of the molecule is CCc1nnc(CSc2ccc(Cl)cc2)o1. The highest BCUT2D eigenvalue weighted by Gasteiger charge is 2.04. The van der Waals surface area contributed by atoms with Gasteiger partial charge in [0.25, 0.3) is 0 Å². The Kier molecular flexibility index (Phi) is 3.85. The molecule has 16 heavy (non-hydrogen) atoms. The van der Waals surface area contributed by atoms with Crippen LogP contribution in [0.15, 0.2) is 33.6 Å². The maximum absolute atomic E-state index is 5.80. The van der Waals surface area contributed by atoms with E-state index in [4.69, 9.17) is 16.0 Å². The summed E-state index contributed by atoms with van der Waals surface area (Å²) in [4.78, 5) is 1.14. The molecule has 0 aliphatic heterocycles. The third-order valence-corrected chi connectivity index (χ3v) is 3.24. The van der Waals surface area contributed by atoms with Gasteiger partial charge in [-0.25, -0.2) is 0 Å². The van der Waals surface area contributed by atoms with E-state index in [-0.39, 0.29) is 0 Å². The molecular formula is C11H11ClN2OS. The molecule has 0 aliphatic carbocycles. The molecule has 0 saturated carbocycles. The Balaban J connectivity index is 1.94. The van der Waals surface area contributed by atoms with Crippen LogP contribution in [0.2, 0.25) is 5.02 Å². The van der Waals surface area contributed by atoms with Gasteiger partial charge in [-0.05, 0) is 24.3 Å². The molecular weight excluding hydrogens is 244 g/mol. The van der Waals surface area contributed by atoms with Gasteiger partial charge < -0.3 is 4.42 Å². The van der Waals surface area contributed by atoms with E-state index in [9.17, 15) is 0 Å². The number of rotatable bonds is 4. The molecule has 5 heteroatoms. The van der Waals surface area contributed by atoms with E-state index in [0.29, 0.717) is 17.5 Å². The first kappa shape index (κ1) is 11.5. The lowest BCUT2D eigenvalue weighted by Gasteiger charge is -1.97. The minimum atomic E-state index is 0.664. The van der Waals surface area contributed by atoms with Crippen molar-refractivity contribution in [3.05, 3.63) is 41.1 Å². The summed E-state index contributed by atoms with van der Waals surface area (Å²) < 4.78 is 5.41. The van der Waals surface area contributed by atoms with Gasteiger partial charge in [-0.3, -0.25) is 0 Å². The van der Waals surface area contributed by atoms with Crippen LogP contribution in [0.4, 0.5) is 0 Å². The minimum absolute atomic E-state index is 0.664. The zero-order valence-electron chi connectivity index (χ0n) is 8.81. The third-order valence-electron chi connectivity index (χ3n) is 1.99. The van der Waals surface area contributed by atoms with Crippen LogP contribution < -0.4 is 0 Å². The number of nitrogens with zero attached hydrogens (tertiary/aromatic N) is 2. The van der Waals surface area contributed by atoms with Gasteiger partial charge in [0.15, 0.2) is 0 Å². The topological polar surface area (TPSA) is 38.9 Å². The molecule has 1 aromatic carbocycles. The van der Waals surface area contributed by atoms with E-state index < -0.39 is 0 Å². The first-order valence-corrected chi connectivity index (χ1v) is 6.34. The molecule has 3 nitrogen and oxygen atoms in total. The van der Waals surface area contributed by atoms with Gasteiger partial charge >= 0.3 is 0 Å². The normalized spacial score (nSPS) is 10.6. The van der Waals surface area contributed by atoms with Gasteiger partial charge in [0, 0.05) is 16.3 Å². The average molecular weight is 255 g/mol. The van der Waals surface area contributed by atoms with Crippen molar-refractivity contribution < 1.29 is 4.42 Å². The summed E-state index contributed by atoms with van der Waals surface area (Å²) in [6.45, 7) is 1.99. The molecule has 0 atom stereocenters. The van der Waals surface area contributed by atoms with Crippen LogP contribution in [0.25, 0.3) is 0 Å². The van der Waals surface area contributed by atoms with Crippen LogP contribution in [-0.4, -0.2) is 10.2 Å². The lowest BCUT2D eigenvalue weighted by atomic mass is 10.4. The summed E-state index contributed by atoms with van der Waals surface area (Å²) >= 11 is 7.45. The van der Waals surface area contributed by atoms with Gasteiger partial charge in [0.1, 0.15) is 0 Å². The Labute approximate surface area is 103 Å². The largest absolute Gasteiger partial charge is 0.424 e. The highest BCUT2D eigenvalue weighted by Crippen LogP contribution is 2.23. The minimum Gasteiger partial charge on any atom is -0.424 e. The van der Waals surface area contributed by atoms with Gasteiger partial charge in [0.2, 0.25) is 11.8 Å².